The number of rotatable bonds is 5. The van der Waals surface area contributed by atoms with E-state index in [9.17, 15) is 8.42 Å². The standard InChI is InChI=1S/C10H16N2O3S2/c11-17(13,14)10-2-1-9(15-10)6-12-5-8-3-4-16-7-8/h1-2,8,12H,3-7H2,(H2,11,13,14). The maximum atomic E-state index is 11.0. The molecule has 96 valence electrons. The van der Waals surface area contributed by atoms with Crippen LogP contribution in [-0.2, 0) is 16.6 Å². The second-order valence-electron chi connectivity index (χ2n) is 4.13. The van der Waals surface area contributed by atoms with E-state index >= 15 is 0 Å². The van der Waals surface area contributed by atoms with Gasteiger partial charge in [0.1, 0.15) is 5.76 Å². The molecule has 17 heavy (non-hydrogen) atoms. The van der Waals surface area contributed by atoms with Crippen molar-refractivity contribution in [1.29, 1.82) is 0 Å². The van der Waals surface area contributed by atoms with Crippen LogP contribution in [0.25, 0.3) is 0 Å². The summed E-state index contributed by atoms with van der Waals surface area (Å²) in [6, 6.07) is 3.02. The molecule has 0 bridgehead atoms. The Balaban J connectivity index is 1.81. The number of primary sulfonamides is 1. The number of sulfonamides is 1. The summed E-state index contributed by atoms with van der Waals surface area (Å²) < 4.78 is 27.1. The van der Waals surface area contributed by atoms with Crippen LogP contribution in [0, 0.1) is 5.92 Å². The van der Waals surface area contributed by atoms with Crippen LogP contribution in [0.3, 0.4) is 0 Å². The molecule has 1 aliphatic rings. The lowest BCUT2D eigenvalue weighted by Gasteiger charge is -2.08. The van der Waals surface area contributed by atoms with Gasteiger partial charge < -0.3 is 9.73 Å². The minimum atomic E-state index is -3.72. The van der Waals surface area contributed by atoms with Crippen molar-refractivity contribution in [3.8, 4) is 0 Å². The SMILES string of the molecule is NS(=O)(=O)c1ccc(CNCC2CCSC2)o1. The Labute approximate surface area is 105 Å². The number of thioether (sulfide) groups is 1. The zero-order chi connectivity index (χ0) is 12.3. The third-order valence-electron chi connectivity index (χ3n) is 2.67. The topological polar surface area (TPSA) is 85.3 Å². The van der Waals surface area contributed by atoms with E-state index in [0.29, 0.717) is 18.2 Å². The molecule has 7 heteroatoms. The van der Waals surface area contributed by atoms with Gasteiger partial charge in [0, 0.05) is 0 Å². The van der Waals surface area contributed by atoms with Crippen LogP contribution in [0.15, 0.2) is 21.6 Å². The van der Waals surface area contributed by atoms with Gasteiger partial charge in [0.25, 0.3) is 10.0 Å². The first-order valence-corrected chi connectivity index (χ1v) is 8.16. The van der Waals surface area contributed by atoms with E-state index in [-0.39, 0.29) is 5.09 Å². The lowest BCUT2D eigenvalue weighted by atomic mass is 10.1. The van der Waals surface area contributed by atoms with Crippen LogP contribution in [0.1, 0.15) is 12.2 Å². The number of hydrogen-bond acceptors (Lipinski definition) is 5. The van der Waals surface area contributed by atoms with E-state index in [4.69, 9.17) is 9.56 Å². The van der Waals surface area contributed by atoms with Crippen molar-refractivity contribution in [2.24, 2.45) is 11.1 Å². The maximum absolute atomic E-state index is 11.0. The Morgan fingerprint density at radius 1 is 1.53 bits per heavy atom. The van der Waals surface area contributed by atoms with Crippen LogP contribution in [0.5, 0.6) is 0 Å². The summed E-state index contributed by atoms with van der Waals surface area (Å²) in [7, 11) is -3.72. The largest absolute Gasteiger partial charge is 0.447 e. The van der Waals surface area contributed by atoms with Gasteiger partial charge in [-0.05, 0) is 42.5 Å². The van der Waals surface area contributed by atoms with Gasteiger partial charge in [0.2, 0.25) is 5.09 Å². The van der Waals surface area contributed by atoms with Gasteiger partial charge in [-0.15, -0.1) is 0 Å². The van der Waals surface area contributed by atoms with Crippen molar-refractivity contribution >= 4 is 21.8 Å². The summed E-state index contributed by atoms with van der Waals surface area (Å²) in [6.45, 7) is 1.48. The highest BCUT2D eigenvalue weighted by molar-refractivity contribution is 7.99. The molecule has 0 radical (unpaired) electrons. The second kappa shape index (κ2) is 5.43. The molecule has 1 unspecified atom stereocenters. The molecule has 0 saturated carbocycles. The fraction of sp³-hybridized carbons (Fsp3) is 0.600. The Kier molecular flexibility index (Phi) is 4.13. The third-order valence-corrected chi connectivity index (χ3v) is 4.69. The molecule has 1 atom stereocenters. The Morgan fingerprint density at radius 3 is 2.94 bits per heavy atom. The molecule has 1 saturated heterocycles. The molecule has 0 aromatic carbocycles. The van der Waals surface area contributed by atoms with Gasteiger partial charge in [-0.25, -0.2) is 13.6 Å². The van der Waals surface area contributed by atoms with E-state index in [1.807, 2.05) is 11.8 Å². The summed E-state index contributed by atoms with van der Waals surface area (Å²) in [6.07, 6.45) is 1.25. The molecule has 1 aliphatic heterocycles. The van der Waals surface area contributed by atoms with Crippen LogP contribution in [0.2, 0.25) is 0 Å². The van der Waals surface area contributed by atoms with E-state index in [2.05, 4.69) is 5.32 Å². The Bertz CT molecular complexity index is 464. The number of hydrogen-bond donors (Lipinski definition) is 2. The predicted molar refractivity (Wildman–Crippen MR) is 67.2 cm³/mol. The fourth-order valence-corrected chi connectivity index (χ4v) is 3.52. The van der Waals surface area contributed by atoms with Gasteiger partial charge in [0.05, 0.1) is 6.54 Å². The molecule has 1 fully saturated rings. The third kappa shape index (κ3) is 3.74. The van der Waals surface area contributed by atoms with E-state index < -0.39 is 10.0 Å². The van der Waals surface area contributed by atoms with Crippen molar-refractivity contribution in [1.82, 2.24) is 5.32 Å². The van der Waals surface area contributed by atoms with E-state index in [1.165, 1.54) is 24.0 Å². The van der Waals surface area contributed by atoms with Crippen LogP contribution >= 0.6 is 11.8 Å². The van der Waals surface area contributed by atoms with Crippen molar-refractivity contribution < 1.29 is 12.8 Å². The van der Waals surface area contributed by atoms with Crippen LogP contribution < -0.4 is 10.5 Å². The Morgan fingerprint density at radius 2 is 2.35 bits per heavy atom. The minimum absolute atomic E-state index is 0.175. The molecule has 1 aromatic heterocycles. The molecule has 1 aromatic rings. The lowest BCUT2D eigenvalue weighted by Crippen LogP contribution is -2.22. The van der Waals surface area contributed by atoms with Gasteiger partial charge in [-0.1, -0.05) is 0 Å². The summed E-state index contributed by atoms with van der Waals surface area (Å²) in [5.74, 6) is 3.75. The molecular formula is C10H16N2O3S2. The zero-order valence-corrected chi connectivity index (χ0v) is 11.0. The maximum Gasteiger partial charge on any atom is 0.271 e. The highest BCUT2D eigenvalue weighted by Crippen LogP contribution is 2.22. The molecule has 2 rings (SSSR count). The quantitative estimate of drug-likeness (QED) is 0.829. The van der Waals surface area contributed by atoms with Gasteiger partial charge >= 0.3 is 0 Å². The van der Waals surface area contributed by atoms with Crippen molar-refractivity contribution in [2.45, 2.75) is 18.1 Å². The smallest absolute Gasteiger partial charge is 0.271 e. The first-order chi connectivity index (χ1) is 8.05. The normalized spacial score (nSPS) is 20.9. The molecule has 3 N–H and O–H groups in total. The summed E-state index contributed by atoms with van der Waals surface area (Å²) in [5, 5.41) is 8.04. The number of furan rings is 1. The number of nitrogens with one attached hydrogen (secondary N) is 1. The summed E-state index contributed by atoms with van der Waals surface area (Å²) >= 11 is 1.98. The molecule has 0 spiro atoms. The predicted octanol–water partition coefficient (Wildman–Crippen LogP) is 0.770. The van der Waals surface area contributed by atoms with Gasteiger partial charge in [-0.2, -0.15) is 11.8 Å². The second-order valence-corrected chi connectivity index (χ2v) is 6.77. The van der Waals surface area contributed by atoms with E-state index in [0.717, 1.165) is 6.54 Å². The first-order valence-electron chi connectivity index (χ1n) is 5.45. The molecule has 2 heterocycles. The lowest BCUT2D eigenvalue weighted by molar-refractivity contribution is 0.395. The average Bonchev–Trinajstić information content (AvgIpc) is 2.86. The fourth-order valence-electron chi connectivity index (χ4n) is 1.75. The Hall–Kier alpha value is -0.500. The molecule has 5 nitrogen and oxygen atoms in total. The van der Waals surface area contributed by atoms with Crippen molar-refractivity contribution in [3.63, 3.8) is 0 Å². The monoisotopic (exact) mass is 276 g/mol. The summed E-state index contributed by atoms with van der Waals surface area (Å²) in [5.41, 5.74) is 0. The van der Waals surface area contributed by atoms with Gasteiger partial charge in [-0.3, -0.25) is 0 Å². The van der Waals surface area contributed by atoms with Crippen LogP contribution in [-0.4, -0.2) is 26.5 Å². The highest BCUT2D eigenvalue weighted by Gasteiger charge is 2.16. The average molecular weight is 276 g/mol. The minimum Gasteiger partial charge on any atom is -0.447 e. The van der Waals surface area contributed by atoms with Crippen molar-refractivity contribution in [2.75, 3.05) is 18.1 Å². The van der Waals surface area contributed by atoms with E-state index in [1.54, 1.807) is 6.07 Å². The van der Waals surface area contributed by atoms with Gasteiger partial charge in [0.15, 0.2) is 0 Å². The molecular weight excluding hydrogens is 260 g/mol. The first kappa shape index (κ1) is 12.9. The molecule has 0 amide bonds. The molecule has 0 aliphatic carbocycles. The highest BCUT2D eigenvalue weighted by atomic mass is 32.2. The van der Waals surface area contributed by atoms with Crippen LogP contribution in [0.4, 0.5) is 0 Å². The zero-order valence-electron chi connectivity index (χ0n) is 9.39. The summed E-state index contributed by atoms with van der Waals surface area (Å²) in [4.78, 5) is 0. The number of nitrogens with two attached hydrogens (primary N) is 1. The van der Waals surface area contributed by atoms with Crippen molar-refractivity contribution in [3.05, 3.63) is 17.9 Å².